The molecule has 0 saturated carbocycles. The molecule has 2 aromatic heterocycles. The highest BCUT2D eigenvalue weighted by Crippen LogP contribution is 2.18. The molecule has 0 amide bonds. The van der Waals surface area contributed by atoms with Crippen LogP contribution < -0.4 is 5.32 Å². The summed E-state index contributed by atoms with van der Waals surface area (Å²) in [5, 5.41) is 7.78. The van der Waals surface area contributed by atoms with E-state index in [2.05, 4.69) is 41.2 Å². The van der Waals surface area contributed by atoms with Gasteiger partial charge in [0.25, 0.3) is 0 Å². The summed E-state index contributed by atoms with van der Waals surface area (Å²) in [6.45, 7) is 7.27. The predicted octanol–water partition coefficient (Wildman–Crippen LogP) is 2.15. The first kappa shape index (κ1) is 13.7. The number of hydrogen-bond acceptors (Lipinski definition) is 4. The van der Waals surface area contributed by atoms with Gasteiger partial charge in [-0.2, -0.15) is 5.10 Å². The highest BCUT2D eigenvalue weighted by molar-refractivity contribution is 5.16. The van der Waals surface area contributed by atoms with Gasteiger partial charge in [-0.15, -0.1) is 0 Å². The topological polar surface area (TPSA) is 55.6 Å². The van der Waals surface area contributed by atoms with Crippen LogP contribution in [0.4, 0.5) is 0 Å². The minimum atomic E-state index is 0.245. The van der Waals surface area contributed by atoms with Gasteiger partial charge in [0.2, 0.25) is 0 Å². The number of nitrogens with zero attached hydrogens (tertiary/aromatic N) is 4. The molecular weight excluding hydrogens is 238 g/mol. The number of hydrogen-bond donors (Lipinski definition) is 1. The fraction of sp³-hybridized carbons (Fsp3) is 0.500. The number of pyridine rings is 1. The second kappa shape index (κ2) is 6.43. The Morgan fingerprint density at radius 3 is 2.63 bits per heavy atom. The van der Waals surface area contributed by atoms with Crippen LogP contribution in [0.2, 0.25) is 0 Å². The lowest BCUT2D eigenvalue weighted by molar-refractivity contribution is 0.468. The van der Waals surface area contributed by atoms with Crippen LogP contribution in [0, 0.1) is 0 Å². The molecular formula is C14H21N5. The van der Waals surface area contributed by atoms with Crippen molar-refractivity contribution in [3.05, 3.63) is 42.2 Å². The summed E-state index contributed by atoms with van der Waals surface area (Å²) in [4.78, 5) is 8.45. The average Bonchev–Trinajstić information content (AvgIpc) is 2.88. The monoisotopic (exact) mass is 259 g/mol. The smallest absolute Gasteiger partial charge is 0.138 e. The Bertz CT molecular complexity index is 492. The van der Waals surface area contributed by atoms with Gasteiger partial charge < -0.3 is 5.32 Å². The van der Waals surface area contributed by atoms with Crippen LogP contribution in [-0.2, 0) is 6.42 Å². The Balaban J connectivity index is 2.19. The van der Waals surface area contributed by atoms with E-state index in [0.717, 1.165) is 18.8 Å². The lowest BCUT2D eigenvalue weighted by Crippen LogP contribution is -2.25. The zero-order valence-corrected chi connectivity index (χ0v) is 11.7. The molecule has 19 heavy (non-hydrogen) atoms. The molecule has 5 nitrogen and oxygen atoms in total. The normalized spacial score (nSPS) is 12.8. The molecule has 2 heterocycles. The first-order valence-electron chi connectivity index (χ1n) is 6.74. The third kappa shape index (κ3) is 3.38. The van der Waals surface area contributed by atoms with Gasteiger partial charge >= 0.3 is 0 Å². The first-order chi connectivity index (χ1) is 9.22. The summed E-state index contributed by atoms with van der Waals surface area (Å²) in [6.07, 6.45) is 6.11. The number of likely N-dealkylation sites (N-methyl/N-ethyl adjacent to an activating group) is 1. The second-order valence-corrected chi connectivity index (χ2v) is 4.81. The van der Waals surface area contributed by atoms with Crippen molar-refractivity contribution in [3.63, 3.8) is 0 Å². The third-order valence-electron chi connectivity index (χ3n) is 3.08. The maximum absolute atomic E-state index is 4.38. The van der Waals surface area contributed by atoms with Gasteiger partial charge in [-0.25, -0.2) is 9.67 Å². The standard InChI is InChI=1S/C14H21N5/c1-4-16-13(12-5-7-15-8-6-12)9-14-17-10-18-19(14)11(2)3/h5-8,10-11,13,16H,4,9H2,1-3H3. The number of aromatic nitrogens is 4. The van der Waals surface area contributed by atoms with Crippen molar-refractivity contribution < 1.29 is 0 Å². The van der Waals surface area contributed by atoms with Gasteiger partial charge in [-0.1, -0.05) is 6.92 Å². The zero-order chi connectivity index (χ0) is 13.7. The molecule has 0 saturated heterocycles. The third-order valence-corrected chi connectivity index (χ3v) is 3.08. The molecule has 1 N–H and O–H groups in total. The van der Waals surface area contributed by atoms with Crippen LogP contribution in [0.1, 0.15) is 44.2 Å². The van der Waals surface area contributed by atoms with E-state index >= 15 is 0 Å². The fourth-order valence-electron chi connectivity index (χ4n) is 2.18. The van der Waals surface area contributed by atoms with E-state index in [-0.39, 0.29) is 6.04 Å². The van der Waals surface area contributed by atoms with E-state index in [4.69, 9.17) is 0 Å². The fourth-order valence-corrected chi connectivity index (χ4v) is 2.18. The van der Waals surface area contributed by atoms with E-state index in [0.29, 0.717) is 6.04 Å². The quantitative estimate of drug-likeness (QED) is 0.863. The maximum Gasteiger partial charge on any atom is 0.138 e. The van der Waals surface area contributed by atoms with E-state index in [1.54, 1.807) is 6.33 Å². The highest BCUT2D eigenvalue weighted by Gasteiger charge is 2.16. The van der Waals surface area contributed by atoms with Crippen LogP contribution in [0.3, 0.4) is 0 Å². The summed E-state index contributed by atoms with van der Waals surface area (Å²) in [7, 11) is 0. The molecule has 0 aromatic carbocycles. The Kier molecular flexibility index (Phi) is 4.63. The van der Waals surface area contributed by atoms with Crippen molar-refractivity contribution in [2.24, 2.45) is 0 Å². The van der Waals surface area contributed by atoms with Gasteiger partial charge in [0.1, 0.15) is 12.2 Å². The molecule has 1 unspecified atom stereocenters. The van der Waals surface area contributed by atoms with Crippen LogP contribution in [0.25, 0.3) is 0 Å². The van der Waals surface area contributed by atoms with Gasteiger partial charge in [0.15, 0.2) is 0 Å². The molecule has 0 bridgehead atoms. The first-order valence-corrected chi connectivity index (χ1v) is 6.74. The molecule has 1 atom stereocenters. The van der Waals surface area contributed by atoms with E-state index < -0.39 is 0 Å². The average molecular weight is 259 g/mol. The predicted molar refractivity (Wildman–Crippen MR) is 74.8 cm³/mol. The molecule has 0 aliphatic heterocycles. The molecule has 0 spiro atoms. The van der Waals surface area contributed by atoms with Gasteiger partial charge in [0.05, 0.1) is 0 Å². The Labute approximate surface area is 114 Å². The van der Waals surface area contributed by atoms with Crippen molar-refractivity contribution >= 4 is 0 Å². The Hall–Kier alpha value is -1.75. The number of rotatable bonds is 6. The second-order valence-electron chi connectivity index (χ2n) is 4.81. The molecule has 5 heteroatoms. The van der Waals surface area contributed by atoms with Crippen molar-refractivity contribution in [1.82, 2.24) is 25.1 Å². The van der Waals surface area contributed by atoms with E-state index in [1.165, 1.54) is 5.56 Å². The molecule has 0 radical (unpaired) electrons. The zero-order valence-electron chi connectivity index (χ0n) is 11.7. The van der Waals surface area contributed by atoms with Crippen molar-refractivity contribution in [2.45, 2.75) is 39.3 Å². The van der Waals surface area contributed by atoms with E-state index in [9.17, 15) is 0 Å². The van der Waals surface area contributed by atoms with Crippen LogP contribution in [0.15, 0.2) is 30.9 Å². The van der Waals surface area contributed by atoms with Crippen molar-refractivity contribution in [1.29, 1.82) is 0 Å². The lowest BCUT2D eigenvalue weighted by Gasteiger charge is -2.19. The molecule has 2 aromatic rings. The van der Waals surface area contributed by atoms with Gasteiger partial charge in [0, 0.05) is 30.9 Å². The summed E-state index contributed by atoms with van der Waals surface area (Å²) in [5.41, 5.74) is 1.23. The van der Waals surface area contributed by atoms with Crippen LogP contribution >= 0.6 is 0 Å². The summed E-state index contributed by atoms with van der Waals surface area (Å²) in [6, 6.07) is 4.67. The van der Waals surface area contributed by atoms with Gasteiger partial charge in [-0.3, -0.25) is 4.98 Å². The molecule has 2 rings (SSSR count). The molecule has 102 valence electrons. The summed E-state index contributed by atoms with van der Waals surface area (Å²) < 4.78 is 1.98. The largest absolute Gasteiger partial charge is 0.310 e. The highest BCUT2D eigenvalue weighted by atomic mass is 15.3. The van der Waals surface area contributed by atoms with E-state index in [1.807, 2.05) is 29.2 Å². The number of nitrogens with one attached hydrogen (secondary N) is 1. The summed E-state index contributed by atoms with van der Waals surface area (Å²) in [5.74, 6) is 1.01. The van der Waals surface area contributed by atoms with Crippen LogP contribution in [0.5, 0.6) is 0 Å². The van der Waals surface area contributed by atoms with Crippen LogP contribution in [-0.4, -0.2) is 26.3 Å². The molecule has 0 aliphatic carbocycles. The maximum atomic E-state index is 4.38. The SMILES string of the molecule is CCNC(Cc1ncnn1C(C)C)c1ccncc1. The Morgan fingerprint density at radius 2 is 2.00 bits per heavy atom. The van der Waals surface area contributed by atoms with Gasteiger partial charge in [-0.05, 0) is 38.1 Å². The van der Waals surface area contributed by atoms with Crippen molar-refractivity contribution in [2.75, 3.05) is 6.54 Å². The minimum absolute atomic E-state index is 0.245. The molecule has 0 aliphatic rings. The van der Waals surface area contributed by atoms with Crippen molar-refractivity contribution in [3.8, 4) is 0 Å². The molecule has 0 fully saturated rings. The lowest BCUT2D eigenvalue weighted by atomic mass is 10.0. The Morgan fingerprint density at radius 1 is 1.26 bits per heavy atom. The minimum Gasteiger partial charge on any atom is -0.310 e. The summed E-state index contributed by atoms with van der Waals surface area (Å²) >= 11 is 0.